The zero-order valence-electron chi connectivity index (χ0n) is 15.2. The van der Waals surface area contributed by atoms with Gasteiger partial charge in [-0.05, 0) is 42.8 Å². The number of amides is 1. The van der Waals surface area contributed by atoms with Gasteiger partial charge in [0.25, 0.3) is 0 Å². The van der Waals surface area contributed by atoms with Crippen LogP contribution in [0.1, 0.15) is 19.8 Å². The summed E-state index contributed by atoms with van der Waals surface area (Å²) in [6.07, 6.45) is 0.129. The molecular weight excluding hydrogens is 334 g/mol. The fraction of sp³-hybridized carbons (Fsp3) is 0.300. The molecule has 138 valence electrons. The second-order valence-electron chi connectivity index (χ2n) is 5.50. The van der Waals surface area contributed by atoms with E-state index in [-0.39, 0.29) is 24.7 Å². The lowest BCUT2D eigenvalue weighted by Crippen LogP contribution is -2.14. The molecule has 0 aliphatic heterocycles. The van der Waals surface area contributed by atoms with Crippen LogP contribution >= 0.6 is 0 Å². The van der Waals surface area contributed by atoms with Crippen molar-refractivity contribution >= 4 is 17.6 Å². The van der Waals surface area contributed by atoms with Crippen LogP contribution in [0.5, 0.6) is 11.5 Å². The number of ether oxygens (including phenoxy) is 3. The number of hydrogen-bond donors (Lipinski definition) is 1. The molecule has 0 aliphatic rings. The van der Waals surface area contributed by atoms with Crippen molar-refractivity contribution in [3.05, 3.63) is 42.5 Å². The number of nitrogens with one attached hydrogen (secondary N) is 1. The van der Waals surface area contributed by atoms with Gasteiger partial charge in [-0.25, -0.2) is 0 Å². The lowest BCUT2D eigenvalue weighted by molar-refractivity contribution is -0.144. The van der Waals surface area contributed by atoms with E-state index in [1.807, 2.05) is 30.3 Å². The zero-order chi connectivity index (χ0) is 18.9. The van der Waals surface area contributed by atoms with Crippen molar-refractivity contribution in [2.24, 2.45) is 0 Å². The van der Waals surface area contributed by atoms with E-state index in [4.69, 9.17) is 14.2 Å². The Balaban J connectivity index is 2.13. The molecule has 0 unspecified atom stereocenters. The van der Waals surface area contributed by atoms with Crippen molar-refractivity contribution in [2.75, 3.05) is 26.1 Å². The fourth-order valence-corrected chi connectivity index (χ4v) is 2.45. The largest absolute Gasteiger partial charge is 0.497 e. The number of rotatable bonds is 8. The second kappa shape index (κ2) is 9.46. The molecule has 0 spiro atoms. The summed E-state index contributed by atoms with van der Waals surface area (Å²) < 4.78 is 15.4. The lowest BCUT2D eigenvalue weighted by Gasteiger charge is -2.12. The number of hydrogen-bond acceptors (Lipinski definition) is 5. The predicted octanol–water partition coefficient (Wildman–Crippen LogP) is 3.65. The maximum Gasteiger partial charge on any atom is 0.306 e. The molecule has 6 nitrogen and oxygen atoms in total. The van der Waals surface area contributed by atoms with Crippen LogP contribution in [0, 0.1) is 0 Å². The highest BCUT2D eigenvalue weighted by atomic mass is 16.5. The Labute approximate surface area is 153 Å². The number of carbonyl (C=O) groups is 2. The Hall–Kier alpha value is -3.02. The van der Waals surface area contributed by atoms with Crippen molar-refractivity contribution in [3.8, 4) is 22.6 Å². The van der Waals surface area contributed by atoms with E-state index in [1.54, 1.807) is 33.3 Å². The molecule has 0 heterocycles. The SMILES string of the molecule is CCOC(=O)CCC(=O)Nc1ccc(OC)c(-c2ccc(OC)cc2)c1. The Bertz CT molecular complexity index is 755. The average Bonchev–Trinajstić information content (AvgIpc) is 2.66. The van der Waals surface area contributed by atoms with Gasteiger partial charge in [0.1, 0.15) is 11.5 Å². The summed E-state index contributed by atoms with van der Waals surface area (Å²) >= 11 is 0. The highest BCUT2D eigenvalue weighted by Crippen LogP contribution is 2.33. The first kappa shape index (κ1) is 19.3. The standard InChI is InChI=1S/C20H23NO5/c1-4-26-20(23)12-11-19(22)21-15-7-10-18(25-3)17(13-15)14-5-8-16(24-2)9-6-14/h5-10,13H,4,11-12H2,1-3H3,(H,21,22). The molecule has 1 N–H and O–H groups in total. The number of benzene rings is 2. The monoisotopic (exact) mass is 357 g/mol. The summed E-state index contributed by atoms with van der Waals surface area (Å²) in [5.74, 6) is 0.830. The first-order chi connectivity index (χ1) is 12.6. The van der Waals surface area contributed by atoms with Crippen LogP contribution in [0.4, 0.5) is 5.69 Å². The minimum absolute atomic E-state index is 0.0567. The number of carbonyl (C=O) groups excluding carboxylic acids is 2. The number of anilines is 1. The van der Waals surface area contributed by atoms with Gasteiger partial charge in [0.15, 0.2) is 0 Å². The molecule has 0 aromatic heterocycles. The van der Waals surface area contributed by atoms with E-state index in [9.17, 15) is 9.59 Å². The van der Waals surface area contributed by atoms with Crippen LogP contribution in [0.3, 0.4) is 0 Å². The van der Waals surface area contributed by atoms with Crippen LogP contribution in [0.2, 0.25) is 0 Å². The molecule has 0 saturated carbocycles. The van der Waals surface area contributed by atoms with Crippen LogP contribution in [-0.2, 0) is 14.3 Å². The zero-order valence-corrected chi connectivity index (χ0v) is 15.2. The third kappa shape index (κ3) is 5.24. The van der Waals surface area contributed by atoms with E-state index in [2.05, 4.69) is 5.32 Å². The molecule has 0 radical (unpaired) electrons. The van der Waals surface area contributed by atoms with Crippen molar-refractivity contribution < 1.29 is 23.8 Å². The van der Waals surface area contributed by atoms with Gasteiger partial charge in [-0.3, -0.25) is 9.59 Å². The molecule has 0 aliphatic carbocycles. The van der Waals surface area contributed by atoms with Crippen molar-refractivity contribution in [1.29, 1.82) is 0 Å². The van der Waals surface area contributed by atoms with Gasteiger partial charge >= 0.3 is 5.97 Å². The summed E-state index contributed by atoms with van der Waals surface area (Å²) in [5.41, 5.74) is 2.41. The minimum Gasteiger partial charge on any atom is -0.497 e. The quantitative estimate of drug-likeness (QED) is 0.730. The average molecular weight is 357 g/mol. The Morgan fingerprint density at radius 3 is 2.31 bits per heavy atom. The van der Waals surface area contributed by atoms with E-state index in [0.29, 0.717) is 18.0 Å². The molecule has 0 fully saturated rings. The number of esters is 1. The summed E-state index contributed by atoms with van der Waals surface area (Å²) in [6, 6.07) is 12.9. The Kier molecular flexibility index (Phi) is 7.02. The molecule has 2 rings (SSSR count). The minimum atomic E-state index is -0.378. The van der Waals surface area contributed by atoms with Crippen LogP contribution in [-0.4, -0.2) is 32.7 Å². The topological polar surface area (TPSA) is 73.9 Å². The van der Waals surface area contributed by atoms with E-state index in [0.717, 1.165) is 16.9 Å². The highest BCUT2D eigenvalue weighted by molar-refractivity contribution is 5.93. The highest BCUT2D eigenvalue weighted by Gasteiger charge is 2.11. The first-order valence-corrected chi connectivity index (χ1v) is 8.35. The van der Waals surface area contributed by atoms with Crippen LogP contribution in [0.15, 0.2) is 42.5 Å². The molecule has 0 atom stereocenters. The fourth-order valence-electron chi connectivity index (χ4n) is 2.45. The third-order valence-electron chi connectivity index (χ3n) is 3.75. The van der Waals surface area contributed by atoms with Crippen LogP contribution < -0.4 is 14.8 Å². The summed E-state index contributed by atoms with van der Waals surface area (Å²) in [5, 5.41) is 2.80. The van der Waals surface area contributed by atoms with Gasteiger partial charge in [-0.1, -0.05) is 12.1 Å². The maximum absolute atomic E-state index is 12.0. The van der Waals surface area contributed by atoms with Crippen molar-refractivity contribution in [2.45, 2.75) is 19.8 Å². The Morgan fingerprint density at radius 1 is 0.962 bits per heavy atom. The summed E-state index contributed by atoms with van der Waals surface area (Å²) in [7, 11) is 3.21. The van der Waals surface area contributed by atoms with E-state index >= 15 is 0 Å². The normalized spacial score (nSPS) is 10.1. The molecule has 0 saturated heterocycles. The van der Waals surface area contributed by atoms with Gasteiger partial charge in [-0.2, -0.15) is 0 Å². The summed E-state index contributed by atoms with van der Waals surface area (Å²) in [4.78, 5) is 23.4. The molecule has 6 heteroatoms. The van der Waals surface area contributed by atoms with Gasteiger partial charge < -0.3 is 19.5 Å². The van der Waals surface area contributed by atoms with E-state index in [1.165, 1.54) is 0 Å². The molecule has 2 aromatic rings. The Morgan fingerprint density at radius 2 is 1.69 bits per heavy atom. The van der Waals surface area contributed by atoms with Gasteiger partial charge in [-0.15, -0.1) is 0 Å². The lowest BCUT2D eigenvalue weighted by atomic mass is 10.0. The smallest absolute Gasteiger partial charge is 0.306 e. The molecule has 26 heavy (non-hydrogen) atoms. The van der Waals surface area contributed by atoms with Crippen molar-refractivity contribution in [1.82, 2.24) is 0 Å². The predicted molar refractivity (Wildman–Crippen MR) is 99.5 cm³/mol. The first-order valence-electron chi connectivity index (χ1n) is 8.35. The summed E-state index contributed by atoms with van der Waals surface area (Å²) in [6.45, 7) is 2.04. The molecular formula is C20H23NO5. The third-order valence-corrected chi connectivity index (χ3v) is 3.75. The van der Waals surface area contributed by atoms with Crippen LogP contribution in [0.25, 0.3) is 11.1 Å². The van der Waals surface area contributed by atoms with Gasteiger partial charge in [0.05, 0.1) is 27.2 Å². The molecule has 2 aromatic carbocycles. The second-order valence-corrected chi connectivity index (χ2v) is 5.50. The molecule has 1 amide bonds. The maximum atomic E-state index is 12.0. The van der Waals surface area contributed by atoms with E-state index < -0.39 is 0 Å². The van der Waals surface area contributed by atoms with Gasteiger partial charge in [0, 0.05) is 17.7 Å². The number of methoxy groups -OCH3 is 2. The molecule has 0 bridgehead atoms. The van der Waals surface area contributed by atoms with Crippen molar-refractivity contribution in [3.63, 3.8) is 0 Å². The van der Waals surface area contributed by atoms with Gasteiger partial charge in [0.2, 0.25) is 5.91 Å².